The lowest BCUT2D eigenvalue weighted by molar-refractivity contribution is 0.268. The minimum absolute atomic E-state index is 0.114. The topological polar surface area (TPSA) is 63.0 Å². The molecule has 0 saturated heterocycles. The lowest BCUT2D eigenvalue weighted by atomic mass is 9.95. The summed E-state index contributed by atoms with van der Waals surface area (Å²) >= 11 is 0. The third-order valence-corrected chi connectivity index (χ3v) is 4.20. The van der Waals surface area contributed by atoms with Crippen molar-refractivity contribution >= 4 is 0 Å². The van der Waals surface area contributed by atoms with Crippen LogP contribution >= 0.6 is 0 Å². The largest absolute Gasteiger partial charge is 0.394 e. The van der Waals surface area contributed by atoms with Crippen LogP contribution in [0.4, 0.5) is 0 Å². The highest BCUT2D eigenvalue weighted by molar-refractivity contribution is 4.97. The van der Waals surface area contributed by atoms with Crippen LogP contribution in [0.2, 0.25) is 0 Å². The molecule has 1 aromatic heterocycles. The number of aliphatic hydroxyl groups excluding tert-OH is 1. The first-order valence-corrected chi connectivity index (χ1v) is 6.58. The zero-order valence-electron chi connectivity index (χ0n) is 10.0. The molecule has 17 heavy (non-hydrogen) atoms. The maximum absolute atomic E-state index is 8.80. The highest BCUT2D eigenvalue weighted by Gasteiger charge is 2.38. The van der Waals surface area contributed by atoms with Crippen LogP contribution in [0.15, 0.2) is 6.20 Å². The first-order valence-electron chi connectivity index (χ1n) is 6.58. The number of hydrogen-bond acceptors (Lipinski definition) is 4. The van der Waals surface area contributed by atoms with Gasteiger partial charge in [-0.1, -0.05) is 11.6 Å². The van der Waals surface area contributed by atoms with Crippen LogP contribution in [-0.4, -0.2) is 32.7 Å². The molecule has 2 saturated carbocycles. The summed E-state index contributed by atoms with van der Waals surface area (Å²) in [5, 5.41) is 20.5. The van der Waals surface area contributed by atoms with Crippen molar-refractivity contribution in [2.24, 2.45) is 11.8 Å². The van der Waals surface area contributed by atoms with Crippen molar-refractivity contribution in [3.8, 4) is 0 Å². The Bertz CT molecular complexity index is 378. The average molecular weight is 236 g/mol. The molecule has 2 bridgehead atoms. The van der Waals surface area contributed by atoms with Gasteiger partial charge in [0.1, 0.15) is 0 Å². The van der Waals surface area contributed by atoms with E-state index in [0.29, 0.717) is 12.6 Å². The SMILES string of the molecule is OCCn1cc(CNC2CC3CCC2C3)nn1. The summed E-state index contributed by atoms with van der Waals surface area (Å²) in [6.07, 6.45) is 7.52. The Labute approximate surface area is 101 Å². The predicted octanol–water partition coefficient (Wildman–Crippen LogP) is 0.549. The van der Waals surface area contributed by atoms with Crippen molar-refractivity contribution in [3.63, 3.8) is 0 Å². The van der Waals surface area contributed by atoms with Gasteiger partial charge in [-0.05, 0) is 31.1 Å². The normalized spacial score (nSPS) is 31.2. The van der Waals surface area contributed by atoms with Crippen LogP contribution < -0.4 is 5.32 Å². The molecule has 0 aromatic carbocycles. The van der Waals surface area contributed by atoms with Gasteiger partial charge in [-0.25, -0.2) is 4.68 Å². The van der Waals surface area contributed by atoms with E-state index >= 15 is 0 Å². The lowest BCUT2D eigenvalue weighted by Gasteiger charge is -2.22. The van der Waals surface area contributed by atoms with E-state index < -0.39 is 0 Å². The molecule has 3 atom stereocenters. The first-order chi connectivity index (χ1) is 8.35. The maximum Gasteiger partial charge on any atom is 0.0964 e. The van der Waals surface area contributed by atoms with E-state index in [0.717, 1.165) is 24.1 Å². The van der Waals surface area contributed by atoms with Gasteiger partial charge in [-0.3, -0.25) is 0 Å². The van der Waals surface area contributed by atoms with Crippen molar-refractivity contribution in [2.45, 2.75) is 44.8 Å². The van der Waals surface area contributed by atoms with E-state index in [2.05, 4.69) is 15.6 Å². The number of nitrogens with zero attached hydrogens (tertiary/aromatic N) is 3. The second kappa shape index (κ2) is 4.74. The summed E-state index contributed by atoms with van der Waals surface area (Å²) in [5.74, 6) is 1.87. The Morgan fingerprint density at radius 1 is 1.41 bits per heavy atom. The summed E-state index contributed by atoms with van der Waals surface area (Å²) in [6.45, 7) is 1.45. The molecule has 1 aromatic rings. The number of aromatic nitrogens is 3. The van der Waals surface area contributed by atoms with E-state index in [-0.39, 0.29) is 6.61 Å². The molecule has 2 aliphatic carbocycles. The van der Waals surface area contributed by atoms with Crippen LogP contribution in [-0.2, 0) is 13.1 Å². The predicted molar refractivity (Wildman–Crippen MR) is 63.2 cm³/mol. The molecule has 5 nitrogen and oxygen atoms in total. The molecule has 3 unspecified atom stereocenters. The number of aliphatic hydroxyl groups is 1. The van der Waals surface area contributed by atoms with Gasteiger partial charge in [0.2, 0.25) is 0 Å². The van der Waals surface area contributed by atoms with E-state index in [1.165, 1.54) is 25.7 Å². The number of hydrogen-bond donors (Lipinski definition) is 2. The summed E-state index contributed by atoms with van der Waals surface area (Å²) in [7, 11) is 0. The fraction of sp³-hybridized carbons (Fsp3) is 0.833. The summed E-state index contributed by atoms with van der Waals surface area (Å²) in [4.78, 5) is 0. The molecule has 2 fully saturated rings. The Balaban J connectivity index is 1.50. The van der Waals surface area contributed by atoms with Crippen molar-refractivity contribution < 1.29 is 5.11 Å². The molecule has 2 aliphatic rings. The van der Waals surface area contributed by atoms with E-state index in [1.54, 1.807) is 4.68 Å². The summed E-state index contributed by atoms with van der Waals surface area (Å²) < 4.78 is 1.69. The summed E-state index contributed by atoms with van der Waals surface area (Å²) in [5.41, 5.74) is 0.973. The molecule has 3 rings (SSSR count). The zero-order chi connectivity index (χ0) is 11.7. The van der Waals surface area contributed by atoms with Gasteiger partial charge in [-0.2, -0.15) is 0 Å². The number of nitrogens with one attached hydrogen (secondary N) is 1. The standard InChI is InChI=1S/C12H20N4O/c17-4-3-16-8-11(14-15-16)7-13-12-6-9-1-2-10(12)5-9/h8-10,12-13,17H,1-7H2. The smallest absolute Gasteiger partial charge is 0.0964 e. The Morgan fingerprint density at radius 3 is 3.06 bits per heavy atom. The molecule has 0 radical (unpaired) electrons. The number of fused-ring (bicyclic) bond motifs is 2. The average Bonchev–Trinajstić information content (AvgIpc) is 3.02. The van der Waals surface area contributed by atoms with Gasteiger partial charge in [0, 0.05) is 18.8 Å². The molecule has 5 heteroatoms. The fourth-order valence-corrected chi connectivity index (χ4v) is 3.36. The van der Waals surface area contributed by atoms with Crippen molar-refractivity contribution in [3.05, 3.63) is 11.9 Å². The van der Waals surface area contributed by atoms with Crippen molar-refractivity contribution in [2.75, 3.05) is 6.61 Å². The van der Waals surface area contributed by atoms with Gasteiger partial charge in [0.25, 0.3) is 0 Å². The Kier molecular flexibility index (Phi) is 3.11. The second-order valence-corrected chi connectivity index (χ2v) is 5.36. The van der Waals surface area contributed by atoms with Crippen LogP contribution in [0.25, 0.3) is 0 Å². The lowest BCUT2D eigenvalue weighted by Crippen LogP contribution is -2.33. The second-order valence-electron chi connectivity index (χ2n) is 5.36. The quantitative estimate of drug-likeness (QED) is 0.783. The van der Waals surface area contributed by atoms with Crippen LogP contribution in [0, 0.1) is 11.8 Å². The van der Waals surface area contributed by atoms with Crippen molar-refractivity contribution in [1.29, 1.82) is 0 Å². The van der Waals surface area contributed by atoms with Gasteiger partial charge in [0.15, 0.2) is 0 Å². The highest BCUT2D eigenvalue weighted by atomic mass is 16.3. The van der Waals surface area contributed by atoms with E-state index in [1.807, 2.05) is 6.20 Å². The van der Waals surface area contributed by atoms with Crippen LogP contribution in [0.5, 0.6) is 0 Å². The summed E-state index contributed by atoms with van der Waals surface area (Å²) in [6, 6.07) is 0.691. The molecule has 1 heterocycles. The molecular weight excluding hydrogens is 216 g/mol. The molecular formula is C12H20N4O. The van der Waals surface area contributed by atoms with Gasteiger partial charge < -0.3 is 10.4 Å². The van der Waals surface area contributed by atoms with Crippen LogP contribution in [0.3, 0.4) is 0 Å². The monoisotopic (exact) mass is 236 g/mol. The molecule has 2 N–H and O–H groups in total. The fourth-order valence-electron chi connectivity index (χ4n) is 3.36. The molecule has 94 valence electrons. The van der Waals surface area contributed by atoms with Gasteiger partial charge >= 0.3 is 0 Å². The van der Waals surface area contributed by atoms with Crippen LogP contribution in [0.1, 0.15) is 31.4 Å². The minimum atomic E-state index is 0.114. The Hall–Kier alpha value is -0.940. The minimum Gasteiger partial charge on any atom is -0.394 e. The Morgan fingerprint density at radius 2 is 2.35 bits per heavy atom. The van der Waals surface area contributed by atoms with Crippen molar-refractivity contribution in [1.82, 2.24) is 20.3 Å². The third-order valence-electron chi connectivity index (χ3n) is 4.20. The van der Waals surface area contributed by atoms with E-state index in [4.69, 9.17) is 5.11 Å². The maximum atomic E-state index is 8.80. The first kappa shape index (κ1) is 11.2. The van der Waals surface area contributed by atoms with E-state index in [9.17, 15) is 0 Å². The molecule has 0 aliphatic heterocycles. The van der Waals surface area contributed by atoms with Gasteiger partial charge in [0.05, 0.1) is 18.8 Å². The number of rotatable bonds is 5. The zero-order valence-corrected chi connectivity index (χ0v) is 10.0. The van der Waals surface area contributed by atoms with Gasteiger partial charge in [-0.15, -0.1) is 5.10 Å². The molecule has 0 spiro atoms. The highest BCUT2D eigenvalue weighted by Crippen LogP contribution is 2.44. The third kappa shape index (κ3) is 2.35. The molecule has 0 amide bonds.